The number of nitrogens with zero attached hydrogens (tertiary/aromatic N) is 2. The third-order valence-corrected chi connectivity index (χ3v) is 4.23. The summed E-state index contributed by atoms with van der Waals surface area (Å²) >= 11 is 0. The number of hydrogen-bond acceptors (Lipinski definition) is 3. The Balaban J connectivity index is 1.69. The molecule has 2 aliphatic rings. The molecule has 0 saturated carbocycles. The van der Waals surface area contributed by atoms with Crippen LogP contribution < -0.4 is 5.32 Å². The van der Waals surface area contributed by atoms with Crippen molar-refractivity contribution in [2.45, 2.75) is 31.7 Å². The van der Waals surface area contributed by atoms with E-state index in [4.69, 9.17) is 0 Å². The molecule has 3 heteroatoms. The first kappa shape index (κ1) is 12.3. The first-order valence-corrected chi connectivity index (χ1v) is 6.86. The molecular formula is C13H27N3. The molecule has 0 amide bonds. The Morgan fingerprint density at radius 3 is 2.50 bits per heavy atom. The van der Waals surface area contributed by atoms with Gasteiger partial charge in [-0.2, -0.15) is 0 Å². The molecule has 0 bridgehead atoms. The van der Waals surface area contributed by atoms with Crippen LogP contribution in [0.3, 0.4) is 0 Å². The van der Waals surface area contributed by atoms with Crippen molar-refractivity contribution in [2.75, 3.05) is 46.8 Å². The van der Waals surface area contributed by atoms with Gasteiger partial charge in [0.2, 0.25) is 0 Å². The van der Waals surface area contributed by atoms with Crippen LogP contribution in [0.15, 0.2) is 0 Å². The van der Waals surface area contributed by atoms with E-state index in [9.17, 15) is 0 Å². The fourth-order valence-corrected chi connectivity index (χ4v) is 3.19. The lowest BCUT2D eigenvalue weighted by Gasteiger charge is -2.37. The van der Waals surface area contributed by atoms with Crippen LogP contribution in [0.1, 0.15) is 25.7 Å². The lowest BCUT2D eigenvalue weighted by atomic mass is 9.96. The molecule has 2 aliphatic heterocycles. The predicted octanol–water partition coefficient (Wildman–Crippen LogP) is 1.01. The molecule has 94 valence electrons. The number of nitrogens with one attached hydrogen (secondary N) is 1. The number of likely N-dealkylation sites (tertiary alicyclic amines) is 2. The Hall–Kier alpha value is -0.120. The van der Waals surface area contributed by atoms with Crippen molar-refractivity contribution in [3.05, 3.63) is 0 Å². The van der Waals surface area contributed by atoms with Crippen LogP contribution >= 0.6 is 0 Å². The monoisotopic (exact) mass is 225 g/mol. The third kappa shape index (κ3) is 3.44. The average Bonchev–Trinajstić information content (AvgIpc) is 2.30. The summed E-state index contributed by atoms with van der Waals surface area (Å²) in [5.74, 6) is 0.921. The van der Waals surface area contributed by atoms with Gasteiger partial charge >= 0.3 is 0 Å². The molecule has 0 radical (unpaired) electrons. The maximum absolute atomic E-state index is 3.40. The van der Waals surface area contributed by atoms with Crippen molar-refractivity contribution in [1.82, 2.24) is 15.1 Å². The zero-order valence-corrected chi connectivity index (χ0v) is 10.9. The molecule has 3 nitrogen and oxygen atoms in total. The van der Waals surface area contributed by atoms with E-state index in [1.165, 1.54) is 58.4 Å². The van der Waals surface area contributed by atoms with Crippen molar-refractivity contribution >= 4 is 0 Å². The standard InChI is InChI=1S/C13H27N3/c1-14-13-5-8-16(9-6-13)11-12-4-3-7-15(2)10-12/h12-14H,3-11H2,1-2H3. The summed E-state index contributed by atoms with van der Waals surface area (Å²) < 4.78 is 0. The highest BCUT2D eigenvalue weighted by Gasteiger charge is 2.23. The van der Waals surface area contributed by atoms with Gasteiger partial charge in [-0.05, 0) is 65.3 Å². The van der Waals surface area contributed by atoms with E-state index in [1.54, 1.807) is 0 Å². The Morgan fingerprint density at radius 1 is 1.12 bits per heavy atom. The summed E-state index contributed by atoms with van der Waals surface area (Å²) in [6.45, 7) is 6.54. The topological polar surface area (TPSA) is 18.5 Å². The highest BCUT2D eigenvalue weighted by Crippen LogP contribution is 2.18. The molecule has 2 fully saturated rings. The van der Waals surface area contributed by atoms with Gasteiger partial charge in [0.25, 0.3) is 0 Å². The average molecular weight is 225 g/mol. The largest absolute Gasteiger partial charge is 0.317 e. The van der Waals surface area contributed by atoms with E-state index in [0.29, 0.717) is 0 Å². The minimum Gasteiger partial charge on any atom is -0.317 e. The van der Waals surface area contributed by atoms with Crippen LogP contribution in [0.5, 0.6) is 0 Å². The predicted molar refractivity (Wildman–Crippen MR) is 68.7 cm³/mol. The zero-order valence-electron chi connectivity index (χ0n) is 10.9. The summed E-state index contributed by atoms with van der Waals surface area (Å²) in [5, 5.41) is 3.40. The van der Waals surface area contributed by atoms with Gasteiger partial charge < -0.3 is 15.1 Å². The SMILES string of the molecule is CNC1CCN(CC2CCCN(C)C2)CC1. The number of hydrogen-bond donors (Lipinski definition) is 1. The van der Waals surface area contributed by atoms with E-state index >= 15 is 0 Å². The molecular weight excluding hydrogens is 198 g/mol. The van der Waals surface area contributed by atoms with E-state index < -0.39 is 0 Å². The fourth-order valence-electron chi connectivity index (χ4n) is 3.19. The molecule has 2 rings (SSSR count). The van der Waals surface area contributed by atoms with Gasteiger partial charge in [0, 0.05) is 19.1 Å². The summed E-state index contributed by atoms with van der Waals surface area (Å²) in [6.07, 6.45) is 5.50. The van der Waals surface area contributed by atoms with E-state index in [1.807, 2.05) is 0 Å². The van der Waals surface area contributed by atoms with Gasteiger partial charge in [0.15, 0.2) is 0 Å². The molecule has 16 heavy (non-hydrogen) atoms. The lowest BCUT2D eigenvalue weighted by Crippen LogP contribution is -2.45. The van der Waals surface area contributed by atoms with Gasteiger partial charge in [0.05, 0.1) is 0 Å². The smallest absolute Gasteiger partial charge is 0.00884 e. The lowest BCUT2D eigenvalue weighted by molar-refractivity contribution is 0.129. The summed E-state index contributed by atoms with van der Waals surface area (Å²) in [5.41, 5.74) is 0. The molecule has 0 spiro atoms. The second kappa shape index (κ2) is 5.99. The fraction of sp³-hybridized carbons (Fsp3) is 1.00. The minimum atomic E-state index is 0.769. The highest BCUT2D eigenvalue weighted by atomic mass is 15.2. The van der Waals surface area contributed by atoms with Crippen LogP contribution in [0, 0.1) is 5.92 Å². The van der Waals surface area contributed by atoms with Crippen LogP contribution in [-0.2, 0) is 0 Å². The Morgan fingerprint density at radius 2 is 1.88 bits per heavy atom. The van der Waals surface area contributed by atoms with Gasteiger partial charge in [-0.25, -0.2) is 0 Å². The molecule has 1 atom stereocenters. The first-order valence-electron chi connectivity index (χ1n) is 6.86. The summed E-state index contributed by atoms with van der Waals surface area (Å²) in [6, 6.07) is 0.769. The maximum Gasteiger partial charge on any atom is 0.00884 e. The van der Waals surface area contributed by atoms with E-state index in [-0.39, 0.29) is 0 Å². The van der Waals surface area contributed by atoms with Gasteiger partial charge in [-0.3, -0.25) is 0 Å². The molecule has 2 heterocycles. The third-order valence-electron chi connectivity index (χ3n) is 4.23. The van der Waals surface area contributed by atoms with Crippen LogP contribution in [0.4, 0.5) is 0 Å². The Kier molecular flexibility index (Phi) is 4.62. The van der Waals surface area contributed by atoms with Crippen LogP contribution in [0.2, 0.25) is 0 Å². The molecule has 0 aromatic carbocycles. The molecule has 2 saturated heterocycles. The first-order chi connectivity index (χ1) is 7.78. The normalized spacial score (nSPS) is 30.8. The highest BCUT2D eigenvalue weighted by molar-refractivity contribution is 4.79. The molecule has 1 N–H and O–H groups in total. The molecule has 1 unspecified atom stereocenters. The number of piperidine rings is 2. The van der Waals surface area contributed by atoms with Crippen molar-refractivity contribution in [3.8, 4) is 0 Å². The van der Waals surface area contributed by atoms with Crippen molar-refractivity contribution in [3.63, 3.8) is 0 Å². The van der Waals surface area contributed by atoms with Gasteiger partial charge in [0.1, 0.15) is 0 Å². The van der Waals surface area contributed by atoms with Crippen LogP contribution in [0.25, 0.3) is 0 Å². The Labute approximate surface area is 100 Å². The van der Waals surface area contributed by atoms with Crippen molar-refractivity contribution in [2.24, 2.45) is 5.92 Å². The second-order valence-corrected chi connectivity index (χ2v) is 5.63. The summed E-state index contributed by atoms with van der Waals surface area (Å²) in [4.78, 5) is 5.17. The molecule has 0 aromatic heterocycles. The number of rotatable bonds is 3. The minimum absolute atomic E-state index is 0.769. The van der Waals surface area contributed by atoms with Crippen molar-refractivity contribution < 1.29 is 0 Å². The molecule has 0 aliphatic carbocycles. The zero-order chi connectivity index (χ0) is 11.4. The summed E-state index contributed by atoms with van der Waals surface area (Å²) in [7, 11) is 4.36. The van der Waals surface area contributed by atoms with E-state index in [2.05, 4.69) is 29.2 Å². The van der Waals surface area contributed by atoms with Gasteiger partial charge in [-0.15, -0.1) is 0 Å². The van der Waals surface area contributed by atoms with E-state index in [0.717, 1.165) is 12.0 Å². The molecule has 0 aromatic rings. The Bertz CT molecular complexity index is 199. The maximum atomic E-state index is 3.40. The van der Waals surface area contributed by atoms with Gasteiger partial charge in [-0.1, -0.05) is 0 Å². The van der Waals surface area contributed by atoms with Crippen molar-refractivity contribution in [1.29, 1.82) is 0 Å². The quantitative estimate of drug-likeness (QED) is 0.773. The van der Waals surface area contributed by atoms with Crippen LogP contribution in [-0.4, -0.2) is 62.7 Å². The second-order valence-electron chi connectivity index (χ2n) is 5.63.